The Morgan fingerprint density at radius 3 is 2.85 bits per heavy atom. The first-order valence-corrected chi connectivity index (χ1v) is 8.67. The summed E-state index contributed by atoms with van der Waals surface area (Å²) in [6, 6.07) is 15.0. The number of carbonyl (C=O) groups is 2. The van der Waals surface area contributed by atoms with Crippen molar-refractivity contribution in [3.05, 3.63) is 65.9 Å². The zero-order valence-electron chi connectivity index (χ0n) is 14.6. The molecule has 26 heavy (non-hydrogen) atoms. The number of likely N-dealkylation sites (N-methyl/N-ethyl adjacent to an activating group) is 1. The maximum atomic E-state index is 13.0. The number of fused-ring (bicyclic) bond motifs is 1. The molecule has 0 bridgehead atoms. The van der Waals surface area contributed by atoms with Gasteiger partial charge in [-0.2, -0.15) is 5.10 Å². The molecular weight excluding hydrogens is 328 g/mol. The Bertz CT molecular complexity index is 951. The van der Waals surface area contributed by atoms with Crippen LogP contribution in [-0.4, -0.2) is 51.4 Å². The minimum atomic E-state index is -0.426. The van der Waals surface area contributed by atoms with Crippen LogP contribution in [0.15, 0.2) is 54.7 Å². The number of nitrogens with zero attached hydrogens (tertiary/aromatic N) is 3. The molecule has 1 aliphatic heterocycles. The van der Waals surface area contributed by atoms with Crippen LogP contribution in [-0.2, 0) is 11.3 Å². The van der Waals surface area contributed by atoms with Gasteiger partial charge in [0, 0.05) is 25.5 Å². The zero-order valence-corrected chi connectivity index (χ0v) is 14.6. The van der Waals surface area contributed by atoms with Crippen LogP contribution < -0.4 is 0 Å². The summed E-state index contributed by atoms with van der Waals surface area (Å²) in [7, 11) is 1.70. The Kier molecular flexibility index (Phi) is 4.16. The van der Waals surface area contributed by atoms with Gasteiger partial charge in [0.05, 0.1) is 17.3 Å². The van der Waals surface area contributed by atoms with Crippen molar-refractivity contribution in [3.63, 3.8) is 0 Å². The fourth-order valence-electron chi connectivity index (χ4n) is 3.52. The highest BCUT2D eigenvalue weighted by Crippen LogP contribution is 2.23. The normalized spacial score (nSPS) is 17.0. The van der Waals surface area contributed by atoms with Crippen LogP contribution in [0.1, 0.15) is 22.3 Å². The van der Waals surface area contributed by atoms with E-state index in [0.29, 0.717) is 30.6 Å². The number of benzene rings is 2. The summed E-state index contributed by atoms with van der Waals surface area (Å²) < 4.78 is 0. The summed E-state index contributed by atoms with van der Waals surface area (Å²) in [6.45, 7) is 1.23. The van der Waals surface area contributed by atoms with Gasteiger partial charge in [0.15, 0.2) is 0 Å². The average Bonchev–Trinajstić information content (AvgIpc) is 3.28. The van der Waals surface area contributed by atoms with E-state index < -0.39 is 6.04 Å². The highest BCUT2D eigenvalue weighted by Gasteiger charge is 2.37. The van der Waals surface area contributed by atoms with Crippen LogP contribution in [0.2, 0.25) is 0 Å². The SMILES string of the molecule is CN(C(=O)c1cccc2cn[nH]c12)C1CCN(Cc2ccccc2)C1=O. The highest BCUT2D eigenvalue weighted by atomic mass is 16.2. The number of H-pyrrole nitrogens is 1. The third kappa shape index (κ3) is 2.83. The molecule has 6 nitrogen and oxygen atoms in total. The van der Waals surface area contributed by atoms with E-state index >= 15 is 0 Å². The summed E-state index contributed by atoms with van der Waals surface area (Å²) in [5.41, 5.74) is 2.34. The molecule has 1 N–H and O–H groups in total. The van der Waals surface area contributed by atoms with Gasteiger partial charge in [-0.1, -0.05) is 42.5 Å². The summed E-state index contributed by atoms with van der Waals surface area (Å²) in [4.78, 5) is 29.2. The Hall–Kier alpha value is -3.15. The number of aromatic nitrogens is 2. The van der Waals surface area contributed by atoms with Crippen LogP contribution in [0, 0.1) is 0 Å². The minimum Gasteiger partial charge on any atom is -0.336 e. The summed E-state index contributed by atoms with van der Waals surface area (Å²) in [5.74, 6) is -0.166. The maximum Gasteiger partial charge on any atom is 0.256 e. The summed E-state index contributed by atoms with van der Waals surface area (Å²) in [6.07, 6.45) is 2.33. The van der Waals surface area contributed by atoms with Gasteiger partial charge in [-0.3, -0.25) is 14.7 Å². The largest absolute Gasteiger partial charge is 0.336 e. The number of hydrogen-bond donors (Lipinski definition) is 1. The summed E-state index contributed by atoms with van der Waals surface area (Å²) in [5, 5.41) is 7.76. The molecule has 2 aromatic carbocycles. The molecule has 6 heteroatoms. The number of nitrogens with one attached hydrogen (secondary N) is 1. The minimum absolute atomic E-state index is 0.00138. The molecule has 1 fully saturated rings. The van der Waals surface area contributed by atoms with E-state index in [1.54, 1.807) is 24.2 Å². The Morgan fingerprint density at radius 1 is 1.23 bits per heavy atom. The number of hydrogen-bond acceptors (Lipinski definition) is 3. The lowest BCUT2D eigenvalue weighted by atomic mass is 10.1. The molecular formula is C20H20N4O2. The van der Waals surface area contributed by atoms with Crippen LogP contribution in [0.3, 0.4) is 0 Å². The number of para-hydroxylation sites is 1. The quantitative estimate of drug-likeness (QED) is 0.787. The van der Waals surface area contributed by atoms with E-state index in [0.717, 1.165) is 10.9 Å². The Labute approximate surface area is 151 Å². The lowest BCUT2D eigenvalue weighted by Gasteiger charge is -2.24. The zero-order chi connectivity index (χ0) is 18.1. The molecule has 0 spiro atoms. The second kappa shape index (κ2) is 6.63. The van der Waals surface area contributed by atoms with Gasteiger partial charge in [-0.05, 0) is 18.1 Å². The number of rotatable bonds is 4. The first-order valence-electron chi connectivity index (χ1n) is 8.67. The van der Waals surface area contributed by atoms with E-state index in [1.807, 2.05) is 47.4 Å². The predicted molar refractivity (Wildman–Crippen MR) is 98.5 cm³/mol. The number of carbonyl (C=O) groups excluding carboxylic acids is 2. The Balaban J connectivity index is 1.51. The second-order valence-electron chi connectivity index (χ2n) is 6.61. The fraction of sp³-hybridized carbons (Fsp3) is 0.250. The van der Waals surface area contributed by atoms with Gasteiger partial charge in [-0.15, -0.1) is 0 Å². The van der Waals surface area contributed by atoms with E-state index in [-0.39, 0.29) is 11.8 Å². The molecule has 132 valence electrons. The second-order valence-corrected chi connectivity index (χ2v) is 6.61. The van der Waals surface area contributed by atoms with Crippen molar-refractivity contribution in [1.29, 1.82) is 0 Å². The molecule has 1 aliphatic rings. The molecule has 1 saturated heterocycles. The van der Waals surface area contributed by atoms with E-state index in [1.165, 1.54) is 0 Å². The average molecular weight is 348 g/mol. The van der Waals surface area contributed by atoms with Crippen LogP contribution in [0.4, 0.5) is 0 Å². The molecule has 2 amide bonds. The van der Waals surface area contributed by atoms with E-state index in [2.05, 4.69) is 10.2 Å². The van der Waals surface area contributed by atoms with Crippen LogP contribution in [0.25, 0.3) is 10.9 Å². The molecule has 0 saturated carbocycles. The van der Waals surface area contributed by atoms with Gasteiger partial charge >= 0.3 is 0 Å². The molecule has 0 aliphatic carbocycles. The highest BCUT2D eigenvalue weighted by molar-refractivity contribution is 6.06. The van der Waals surface area contributed by atoms with Gasteiger partial charge < -0.3 is 9.80 Å². The van der Waals surface area contributed by atoms with Crippen molar-refractivity contribution in [2.24, 2.45) is 0 Å². The fourth-order valence-corrected chi connectivity index (χ4v) is 3.52. The number of amides is 2. The molecule has 2 heterocycles. The van der Waals surface area contributed by atoms with Crippen molar-refractivity contribution >= 4 is 22.7 Å². The van der Waals surface area contributed by atoms with E-state index in [9.17, 15) is 9.59 Å². The monoisotopic (exact) mass is 348 g/mol. The molecule has 1 unspecified atom stereocenters. The molecule has 0 radical (unpaired) electrons. The maximum absolute atomic E-state index is 13.0. The van der Waals surface area contributed by atoms with Gasteiger partial charge in [0.25, 0.3) is 5.91 Å². The Morgan fingerprint density at radius 2 is 2.04 bits per heavy atom. The first-order chi connectivity index (χ1) is 12.6. The van der Waals surface area contributed by atoms with Crippen molar-refractivity contribution in [1.82, 2.24) is 20.0 Å². The van der Waals surface area contributed by atoms with E-state index in [4.69, 9.17) is 0 Å². The smallest absolute Gasteiger partial charge is 0.256 e. The standard InChI is InChI=1S/C20H20N4O2/c1-23(19(25)16-9-5-8-15-12-21-22-18(15)16)17-10-11-24(20(17)26)13-14-6-3-2-4-7-14/h2-9,12,17H,10-11,13H2,1H3,(H,21,22). The van der Waals surface area contributed by atoms with Gasteiger partial charge in [0.2, 0.25) is 5.91 Å². The summed E-state index contributed by atoms with van der Waals surface area (Å²) >= 11 is 0. The molecule has 3 aromatic rings. The molecule has 4 rings (SSSR count). The lowest BCUT2D eigenvalue weighted by molar-refractivity contribution is -0.131. The topological polar surface area (TPSA) is 69.3 Å². The van der Waals surface area contributed by atoms with Crippen molar-refractivity contribution in [2.75, 3.05) is 13.6 Å². The van der Waals surface area contributed by atoms with Crippen molar-refractivity contribution in [3.8, 4) is 0 Å². The van der Waals surface area contributed by atoms with Gasteiger partial charge in [-0.25, -0.2) is 0 Å². The third-order valence-corrected chi connectivity index (χ3v) is 4.98. The first kappa shape index (κ1) is 16.3. The molecule has 1 aromatic heterocycles. The number of likely N-dealkylation sites (tertiary alicyclic amines) is 1. The van der Waals surface area contributed by atoms with Crippen LogP contribution in [0.5, 0.6) is 0 Å². The molecule has 1 atom stereocenters. The van der Waals surface area contributed by atoms with Crippen molar-refractivity contribution < 1.29 is 9.59 Å². The van der Waals surface area contributed by atoms with Crippen LogP contribution >= 0.6 is 0 Å². The lowest BCUT2D eigenvalue weighted by Crippen LogP contribution is -2.42. The third-order valence-electron chi connectivity index (χ3n) is 4.98. The number of aromatic amines is 1. The predicted octanol–water partition coefficient (Wildman–Crippen LogP) is 2.44. The van der Waals surface area contributed by atoms with Crippen molar-refractivity contribution in [2.45, 2.75) is 19.0 Å². The van der Waals surface area contributed by atoms with Gasteiger partial charge in [0.1, 0.15) is 6.04 Å².